The third-order valence-electron chi connectivity index (χ3n) is 5.50. The maximum Gasteiger partial charge on any atom is 0.257 e. The van der Waals surface area contributed by atoms with Crippen molar-refractivity contribution in [1.82, 2.24) is 9.47 Å². The van der Waals surface area contributed by atoms with E-state index in [2.05, 4.69) is 5.32 Å². The van der Waals surface area contributed by atoms with E-state index in [-0.39, 0.29) is 17.7 Å². The number of methoxy groups -OCH3 is 1. The van der Waals surface area contributed by atoms with E-state index in [1.807, 2.05) is 59.4 Å². The summed E-state index contributed by atoms with van der Waals surface area (Å²) in [4.78, 5) is 27.7. The minimum absolute atomic E-state index is 0.0725. The van der Waals surface area contributed by atoms with Crippen molar-refractivity contribution in [1.29, 1.82) is 0 Å². The standard InChI is InChI=1S/C24H24ClN3O3/c1-31-22-15-21(27-11-5-6-12-27)20(25)14-19(22)24(30)28-13-7-8-17(16-28)23(29)26-18-9-3-2-4-10-18/h2-6,9-12,14-15,17H,7-8,13,16H2,1H3,(H,26,29). The number of benzene rings is 2. The molecule has 7 heteroatoms. The van der Waals surface area contributed by atoms with E-state index in [0.29, 0.717) is 29.4 Å². The van der Waals surface area contributed by atoms with Gasteiger partial charge < -0.3 is 19.5 Å². The fourth-order valence-corrected chi connectivity index (χ4v) is 4.14. The van der Waals surface area contributed by atoms with Gasteiger partial charge in [0.15, 0.2) is 0 Å². The van der Waals surface area contributed by atoms with Gasteiger partial charge in [-0.2, -0.15) is 0 Å². The molecule has 1 N–H and O–H groups in total. The molecule has 0 spiro atoms. The molecule has 0 aliphatic carbocycles. The summed E-state index contributed by atoms with van der Waals surface area (Å²) in [6.45, 7) is 0.950. The molecule has 0 radical (unpaired) electrons. The molecular weight excluding hydrogens is 414 g/mol. The van der Waals surface area contributed by atoms with Crippen LogP contribution in [0.5, 0.6) is 5.75 Å². The van der Waals surface area contributed by atoms with Crippen LogP contribution in [0.3, 0.4) is 0 Å². The fourth-order valence-electron chi connectivity index (χ4n) is 3.88. The summed E-state index contributed by atoms with van der Waals surface area (Å²) in [6, 6.07) is 16.6. The quantitative estimate of drug-likeness (QED) is 0.633. The number of likely N-dealkylation sites (tertiary alicyclic amines) is 1. The van der Waals surface area contributed by atoms with Gasteiger partial charge in [-0.25, -0.2) is 0 Å². The summed E-state index contributed by atoms with van der Waals surface area (Å²) >= 11 is 6.49. The van der Waals surface area contributed by atoms with Crippen molar-refractivity contribution in [3.05, 3.63) is 77.6 Å². The molecule has 2 heterocycles. The molecule has 31 heavy (non-hydrogen) atoms. The number of nitrogens with zero attached hydrogens (tertiary/aromatic N) is 2. The van der Waals surface area contributed by atoms with E-state index in [9.17, 15) is 9.59 Å². The number of nitrogens with one attached hydrogen (secondary N) is 1. The summed E-state index contributed by atoms with van der Waals surface area (Å²) in [6.07, 6.45) is 5.26. The highest BCUT2D eigenvalue weighted by Crippen LogP contribution is 2.32. The monoisotopic (exact) mass is 437 g/mol. The molecule has 0 saturated carbocycles. The van der Waals surface area contributed by atoms with Crippen LogP contribution in [0.4, 0.5) is 5.69 Å². The van der Waals surface area contributed by atoms with Gasteiger partial charge in [-0.05, 0) is 43.2 Å². The van der Waals surface area contributed by atoms with Crippen molar-refractivity contribution in [2.24, 2.45) is 5.92 Å². The number of halogens is 1. The van der Waals surface area contributed by atoms with E-state index in [1.54, 1.807) is 17.0 Å². The number of carbonyl (C=O) groups excluding carboxylic acids is 2. The van der Waals surface area contributed by atoms with Gasteiger partial charge in [0, 0.05) is 37.2 Å². The lowest BCUT2D eigenvalue weighted by molar-refractivity contribution is -0.121. The molecular formula is C24H24ClN3O3. The molecule has 1 aliphatic rings. The number of hydrogen-bond acceptors (Lipinski definition) is 3. The lowest BCUT2D eigenvalue weighted by Gasteiger charge is -2.32. The lowest BCUT2D eigenvalue weighted by Crippen LogP contribution is -2.43. The molecule has 1 atom stereocenters. The van der Waals surface area contributed by atoms with Crippen molar-refractivity contribution in [3.8, 4) is 11.4 Å². The molecule has 160 valence electrons. The first-order valence-electron chi connectivity index (χ1n) is 10.2. The summed E-state index contributed by atoms with van der Waals surface area (Å²) in [7, 11) is 1.53. The van der Waals surface area contributed by atoms with E-state index in [0.717, 1.165) is 24.2 Å². The molecule has 6 nitrogen and oxygen atoms in total. The summed E-state index contributed by atoms with van der Waals surface area (Å²) in [5.41, 5.74) is 1.89. The van der Waals surface area contributed by atoms with Gasteiger partial charge >= 0.3 is 0 Å². The maximum absolute atomic E-state index is 13.3. The molecule has 1 saturated heterocycles. The number of amides is 2. The van der Waals surface area contributed by atoms with Crippen molar-refractivity contribution >= 4 is 29.1 Å². The number of carbonyl (C=O) groups is 2. The molecule has 4 rings (SSSR count). The van der Waals surface area contributed by atoms with Crippen molar-refractivity contribution < 1.29 is 14.3 Å². The number of anilines is 1. The molecule has 3 aromatic rings. The smallest absolute Gasteiger partial charge is 0.257 e. The highest BCUT2D eigenvalue weighted by molar-refractivity contribution is 6.33. The largest absolute Gasteiger partial charge is 0.496 e. The second-order valence-corrected chi connectivity index (χ2v) is 7.95. The van der Waals surface area contributed by atoms with Crippen LogP contribution in [0, 0.1) is 5.92 Å². The van der Waals surface area contributed by atoms with E-state index in [1.165, 1.54) is 7.11 Å². The maximum atomic E-state index is 13.3. The second-order valence-electron chi connectivity index (χ2n) is 7.54. The molecule has 1 fully saturated rings. The van der Waals surface area contributed by atoms with Gasteiger partial charge in [0.2, 0.25) is 5.91 Å². The van der Waals surface area contributed by atoms with Crippen LogP contribution in [0.1, 0.15) is 23.2 Å². The predicted octanol–water partition coefficient (Wildman–Crippen LogP) is 4.63. The Morgan fingerprint density at radius 1 is 1.10 bits per heavy atom. The number of piperidine rings is 1. The number of rotatable bonds is 5. The Morgan fingerprint density at radius 2 is 1.84 bits per heavy atom. The highest BCUT2D eigenvalue weighted by Gasteiger charge is 2.30. The van der Waals surface area contributed by atoms with Crippen LogP contribution in [-0.2, 0) is 4.79 Å². The first-order chi connectivity index (χ1) is 15.1. The van der Waals surface area contributed by atoms with Gasteiger partial charge in [-0.1, -0.05) is 29.8 Å². The predicted molar refractivity (Wildman–Crippen MR) is 121 cm³/mol. The second kappa shape index (κ2) is 9.27. The molecule has 2 amide bonds. The molecule has 0 bridgehead atoms. The molecule has 1 aliphatic heterocycles. The molecule has 1 unspecified atom stereocenters. The molecule has 1 aromatic heterocycles. The van der Waals surface area contributed by atoms with Crippen LogP contribution in [0.25, 0.3) is 5.69 Å². The number of ether oxygens (including phenoxy) is 1. The van der Waals surface area contributed by atoms with Crippen molar-refractivity contribution in [3.63, 3.8) is 0 Å². The Bertz CT molecular complexity index is 1070. The normalized spacial score (nSPS) is 16.1. The minimum atomic E-state index is -0.265. The van der Waals surface area contributed by atoms with E-state index >= 15 is 0 Å². The van der Waals surface area contributed by atoms with Crippen molar-refractivity contribution in [2.45, 2.75) is 12.8 Å². The van der Waals surface area contributed by atoms with Crippen LogP contribution >= 0.6 is 11.6 Å². The zero-order valence-corrected chi connectivity index (χ0v) is 18.0. The highest BCUT2D eigenvalue weighted by atomic mass is 35.5. The average Bonchev–Trinajstić information content (AvgIpc) is 3.34. The summed E-state index contributed by atoms with van der Waals surface area (Å²) < 4.78 is 7.37. The Hall–Kier alpha value is -3.25. The summed E-state index contributed by atoms with van der Waals surface area (Å²) in [5.74, 6) is -0.0702. The van der Waals surface area contributed by atoms with Crippen LogP contribution in [0.2, 0.25) is 5.02 Å². The SMILES string of the molecule is COc1cc(-n2cccc2)c(Cl)cc1C(=O)N1CCCC(C(=O)Nc2ccccc2)C1. The third kappa shape index (κ3) is 4.59. The Kier molecular flexibility index (Phi) is 6.28. The molecule has 2 aromatic carbocycles. The Labute approximate surface area is 186 Å². The number of aromatic nitrogens is 1. The first-order valence-corrected chi connectivity index (χ1v) is 10.6. The Balaban J connectivity index is 1.52. The van der Waals surface area contributed by atoms with Gasteiger partial charge in [0.25, 0.3) is 5.91 Å². The van der Waals surface area contributed by atoms with Crippen LogP contribution in [0.15, 0.2) is 67.0 Å². The van der Waals surface area contributed by atoms with Gasteiger partial charge in [0.05, 0.1) is 29.3 Å². The summed E-state index contributed by atoms with van der Waals surface area (Å²) in [5, 5.41) is 3.39. The zero-order chi connectivity index (χ0) is 21.8. The number of para-hydroxylation sites is 1. The number of hydrogen-bond donors (Lipinski definition) is 1. The van der Waals surface area contributed by atoms with E-state index in [4.69, 9.17) is 16.3 Å². The third-order valence-corrected chi connectivity index (χ3v) is 5.81. The topological polar surface area (TPSA) is 63.6 Å². The van der Waals surface area contributed by atoms with Crippen molar-refractivity contribution in [2.75, 3.05) is 25.5 Å². The first kappa shape index (κ1) is 21.0. The van der Waals surface area contributed by atoms with Crippen LogP contribution < -0.4 is 10.1 Å². The fraction of sp³-hybridized carbons (Fsp3) is 0.250. The van der Waals surface area contributed by atoms with Gasteiger partial charge in [-0.3, -0.25) is 9.59 Å². The lowest BCUT2D eigenvalue weighted by atomic mass is 9.96. The van der Waals surface area contributed by atoms with Gasteiger partial charge in [0.1, 0.15) is 5.75 Å². The zero-order valence-electron chi connectivity index (χ0n) is 17.3. The van der Waals surface area contributed by atoms with Crippen LogP contribution in [-0.4, -0.2) is 41.5 Å². The van der Waals surface area contributed by atoms with E-state index < -0.39 is 0 Å². The Morgan fingerprint density at radius 3 is 2.55 bits per heavy atom. The minimum Gasteiger partial charge on any atom is -0.496 e. The van der Waals surface area contributed by atoms with Gasteiger partial charge in [-0.15, -0.1) is 0 Å². The average molecular weight is 438 g/mol.